The molecule has 0 saturated heterocycles. The topological polar surface area (TPSA) is 79.4 Å². The van der Waals surface area contributed by atoms with Crippen LogP contribution in [0.1, 0.15) is 55.6 Å². The SMILES string of the molecule is C=C(C)c1ccc(C)cc1-c1c(O)cc(CCCCC)c(-c2nc(C)no2)c1O. The standard InChI is InChI=1S/C24H28N2O3/c1-6-7-8-9-17-13-20(27)22(19-12-15(4)10-11-18(19)14(2)3)23(28)21(17)24-25-16(5)26-29-24/h10-13,27-28H,2,6-9H2,1,3-5H3. The fraction of sp³-hybridized carbons (Fsp3) is 0.333. The van der Waals surface area contributed by atoms with Gasteiger partial charge in [0, 0.05) is 0 Å². The molecule has 0 fully saturated rings. The molecule has 0 aliphatic rings. The van der Waals surface area contributed by atoms with E-state index in [1.807, 2.05) is 32.0 Å². The van der Waals surface area contributed by atoms with E-state index >= 15 is 0 Å². The molecule has 2 N–H and O–H groups in total. The normalized spacial score (nSPS) is 11.0. The Kier molecular flexibility index (Phi) is 6.06. The third kappa shape index (κ3) is 4.19. The molecule has 2 aromatic carbocycles. The number of allylic oxidation sites excluding steroid dienone is 1. The average Bonchev–Trinajstić information content (AvgIpc) is 3.07. The van der Waals surface area contributed by atoms with Gasteiger partial charge in [0.1, 0.15) is 11.5 Å². The second-order valence-electron chi connectivity index (χ2n) is 7.59. The molecule has 0 aliphatic carbocycles. The number of rotatable bonds is 7. The summed E-state index contributed by atoms with van der Waals surface area (Å²) in [6.07, 6.45) is 3.78. The lowest BCUT2D eigenvalue weighted by molar-refractivity contribution is 0.418. The van der Waals surface area contributed by atoms with Crippen LogP contribution in [0, 0.1) is 13.8 Å². The summed E-state index contributed by atoms with van der Waals surface area (Å²) in [7, 11) is 0. The molecule has 0 amide bonds. The lowest BCUT2D eigenvalue weighted by Gasteiger charge is -2.18. The summed E-state index contributed by atoms with van der Waals surface area (Å²) < 4.78 is 5.39. The number of aryl methyl sites for hydroxylation is 3. The third-order valence-corrected chi connectivity index (χ3v) is 5.06. The maximum atomic E-state index is 11.3. The van der Waals surface area contributed by atoms with Crippen molar-refractivity contribution < 1.29 is 14.7 Å². The summed E-state index contributed by atoms with van der Waals surface area (Å²) in [5, 5.41) is 26.1. The van der Waals surface area contributed by atoms with Crippen molar-refractivity contribution in [2.75, 3.05) is 0 Å². The Hall–Kier alpha value is -3.08. The van der Waals surface area contributed by atoms with E-state index in [-0.39, 0.29) is 17.4 Å². The van der Waals surface area contributed by atoms with Crippen molar-refractivity contribution in [3.05, 3.63) is 53.4 Å². The summed E-state index contributed by atoms with van der Waals surface area (Å²) in [6.45, 7) is 11.8. The van der Waals surface area contributed by atoms with Crippen molar-refractivity contribution in [1.29, 1.82) is 0 Å². The number of aromatic hydroxyl groups is 2. The Balaban J connectivity index is 2.28. The van der Waals surface area contributed by atoms with Crippen molar-refractivity contribution in [3.8, 4) is 34.1 Å². The van der Waals surface area contributed by atoms with Gasteiger partial charge in [-0.1, -0.05) is 60.8 Å². The summed E-state index contributed by atoms with van der Waals surface area (Å²) in [4.78, 5) is 4.33. The smallest absolute Gasteiger partial charge is 0.261 e. The van der Waals surface area contributed by atoms with Crippen LogP contribution in [0.15, 0.2) is 35.4 Å². The van der Waals surface area contributed by atoms with E-state index in [9.17, 15) is 10.2 Å². The van der Waals surface area contributed by atoms with Gasteiger partial charge < -0.3 is 14.7 Å². The van der Waals surface area contributed by atoms with Gasteiger partial charge in [0.25, 0.3) is 5.89 Å². The number of aromatic nitrogens is 2. The van der Waals surface area contributed by atoms with Crippen LogP contribution in [-0.4, -0.2) is 20.4 Å². The molecule has 5 nitrogen and oxygen atoms in total. The molecule has 0 radical (unpaired) electrons. The van der Waals surface area contributed by atoms with Gasteiger partial charge in [0.15, 0.2) is 5.82 Å². The molecular weight excluding hydrogens is 364 g/mol. The number of nitrogens with zero attached hydrogens (tertiary/aromatic N) is 2. The highest BCUT2D eigenvalue weighted by Gasteiger charge is 2.25. The largest absolute Gasteiger partial charge is 0.507 e. The number of hydrogen-bond donors (Lipinski definition) is 2. The van der Waals surface area contributed by atoms with E-state index in [2.05, 4.69) is 23.6 Å². The molecular formula is C24H28N2O3. The van der Waals surface area contributed by atoms with Gasteiger partial charge in [0.2, 0.25) is 0 Å². The summed E-state index contributed by atoms with van der Waals surface area (Å²) >= 11 is 0. The molecule has 0 atom stereocenters. The maximum Gasteiger partial charge on any atom is 0.261 e. The van der Waals surface area contributed by atoms with Gasteiger partial charge in [-0.15, -0.1) is 0 Å². The van der Waals surface area contributed by atoms with Crippen LogP contribution >= 0.6 is 0 Å². The van der Waals surface area contributed by atoms with Crippen molar-refractivity contribution in [2.45, 2.75) is 53.4 Å². The van der Waals surface area contributed by atoms with Crippen molar-refractivity contribution in [1.82, 2.24) is 10.1 Å². The molecule has 152 valence electrons. The fourth-order valence-electron chi connectivity index (χ4n) is 3.61. The zero-order chi connectivity index (χ0) is 21.1. The van der Waals surface area contributed by atoms with Crippen LogP contribution < -0.4 is 0 Å². The Morgan fingerprint density at radius 3 is 2.48 bits per heavy atom. The highest BCUT2D eigenvalue weighted by molar-refractivity contribution is 5.91. The third-order valence-electron chi connectivity index (χ3n) is 5.06. The predicted octanol–water partition coefficient (Wildman–Crippen LogP) is 6.20. The molecule has 5 heteroatoms. The molecule has 3 aromatic rings. The molecule has 1 aromatic heterocycles. The number of hydrogen-bond acceptors (Lipinski definition) is 5. The van der Waals surface area contributed by atoms with E-state index in [1.54, 1.807) is 13.0 Å². The van der Waals surface area contributed by atoms with Crippen LogP contribution in [0.4, 0.5) is 0 Å². The Bertz CT molecular complexity index is 1050. The highest BCUT2D eigenvalue weighted by Crippen LogP contribution is 2.47. The predicted molar refractivity (Wildman–Crippen MR) is 116 cm³/mol. The minimum Gasteiger partial charge on any atom is -0.507 e. The maximum absolute atomic E-state index is 11.3. The Morgan fingerprint density at radius 1 is 1.10 bits per heavy atom. The lowest BCUT2D eigenvalue weighted by Crippen LogP contribution is -1.97. The molecule has 29 heavy (non-hydrogen) atoms. The van der Waals surface area contributed by atoms with E-state index in [1.165, 1.54) is 0 Å². The van der Waals surface area contributed by atoms with E-state index < -0.39 is 0 Å². The Morgan fingerprint density at radius 2 is 1.86 bits per heavy atom. The van der Waals surface area contributed by atoms with Crippen molar-refractivity contribution >= 4 is 5.57 Å². The van der Waals surface area contributed by atoms with E-state index in [0.29, 0.717) is 23.4 Å². The second-order valence-corrected chi connectivity index (χ2v) is 7.59. The first-order valence-electron chi connectivity index (χ1n) is 9.98. The monoisotopic (exact) mass is 392 g/mol. The van der Waals surface area contributed by atoms with Gasteiger partial charge in [-0.2, -0.15) is 4.98 Å². The van der Waals surface area contributed by atoms with Crippen molar-refractivity contribution in [2.24, 2.45) is 0 Å². The van der Waals surface area contributed by atoms with E-state index in [0.717, 1.165) is 47.1 Å². The number of phenols is 2. The van der Waals surface area contributed by atoms with Crippen LogP contribution in [0.2, 0.25) is 0 Å². The van der Waals surface area contributed by atoms with Crippen molar-refractivity contribution in [3.63, 3.8) is 0 Å². The van der Waals surface area contributed by atoms with Gasteiger partial charge >= 0.3 is 0 Å². The first kappa shape index (κ1) is 20.6. The summed E-state index contributed by atoms with van der Waals surface area (Å²) in [6, 6.07) is 7.60. The van der Waals surface area contributed by atoms with Crippen LogP contribution in [0.5, 0.6) is 11.5 Å². The number of phenolic OH excluding ortho intramolecular Hbond substituents is 2. The minimum atomic E-state index is -0.0479. The first-order valence-corrected chi connectivity index (χ1v) is 9.98. The number of benzene rings is 2. The van der Waals surface area contributed by atoms with Gasteiger partial charge in [0.05, 0.1) is 11.1 Å². The van der Waals surface area contributed by atoms with Gasteiger partial charge in [-0.25, -0.2) is 0 Å². The molecule has 0 saturated carbocycles. The number of unbranched alkanes of at least 4 members (excludes halogenated alkanes) is 2. The summed E-state index contributed by atoms with van der Waals surface area (Å²) in [5.41, 5.74) is 5.11. The molecule has 3 rings (SSSR count). The fourth-order valence-corrected chi connectivity index (χ4v) is 3.61. The summed E-state index contributed by atoms with van der Waals surface area (Å²) in [5.74, 6) is 0.735. The van der Waals surface area contributed by atoms with E-state index in [4.69, 9.17) is 4.52 Å². The highest BCUT2D eigenvalue weighted by atomic mass is 16.5. The van der Waals surface area contributed by atoms with Crippen LogP contribution in [0.3, 0.4) is 0 Å². The quantitative estimate of drug-likeness (QED) is 0.468. The molecule has 0 unspecified atom stereocenters. The molecule has 0 bridgehead atoms. The van der Waals surface area contributed by atoms with Crippen LogP contribution in [0.25, 0.3) is 28.2 Å². The molecule has 0 aliphatic heterocycles. The van der Waals surface area contributed by atoms with Gasteiger partial charge in [-0.05, 0) is 56.4 Å². The Labute approximate surface area is 171 Å². The zero-order valence-electron chi connectivity index (χ0n) is 17.5. The molecule has 1 heterocycles. The van der Waals surface area contributed by atoms with Gasteiger partial charge in [-0.3, -0.25) is 0 Å². The average molecular weight is 392 g/mol. The zero-order valence-corrected chi connectivity index (χ0v) is 17.5. The minimum absolute atomic E-state index is 0.0297. The first-order chi connectivity index (χ1) is 13.8. The molecule has 0 spiro atoms. The lowest BCUT2D eigenvalue weighted by atomic mass is 9.89. The van der Waals surface area contributed by atoms with Crippen LogP contribution in [-0.2, 0) is 6.42 Å². The second kappa shape index (κ2) is 8.52.